The van der Waals surface area contributed by atoms with Crippen molar-refractivity contribution in [3.63, 3.8) is 0 Å². The van der Waals surface area contributed by atoms with Gasteiger partial charge in [-0.1, -0.05) is 106 Å². The minimum atomic E-state index is -0.957. The molecule has 3 aliphatic heterocycles. The Morgan fingerprint density at radius 2 is 1.22 bits per heavy atom. The number of rotatable bonds is 8. The first-order valence-electron chi connectivity index (χ1n) is 13.6. The molecule has 36 heavy (non-hydrogen) atoms. The summed E-state index contributed by atoms with van der Waals surface area (Å²) in [5, 5.41) is 12.5. The average molecular weight is 485 g/mol. The maximum atomic E-state index is 12.5. The van der Waals surface area contributed by atoms with E-state index < -0.39 is 5.60 Å². The number of quaternary nitrogens is 1. The van der Waals surface area contributed by atoms with E-state index in [0.717, 1.165) is 67.7 Å². The molecule has 2 bridgehead atoms. The van der Waals surface area contributed by atoms with Gasteiger partial charge in [-0.2, -0.15) is 0 Å². The number of nitrogens with zero attached hydrogens (tertiary/aromatic N) is 1. The smallest absolute Gasteiger partial charge is 0.121 e. The van der Waals surface area contributed by atoms with Crippen molar-refractivity contribution in [2.75, 3.05) is 32.8 Å². The number of aliphatic hydroxyl groups is 1. The van der Waals surface area contributed by atoms with Crippen LogP contribution in [0.15, 0.2) is 84.9 Å². The Morgan fingerprint density at radius 3 is 1.69 bits per heavy atom. The topological polar surface area (TPSA) is 29.5 Å². The number of hydrogen-bond acceptors (Lipinski definition) is 2. The third-order valence-electron chi connectivity index (χ3n) is 9.14. The monoisotopic (exact) mass is 484 g/mol. The highest BCUT2D eigenvalue weighted by atomic mass is 16.5. The fourth-order valence-electron chi connectivity index (χ4n) is 6.63. The van der Waals surface area contributed by atoms with Crippen molar-refractivity contribution in [2.45, 2.75) is 57.7 Å². The highest BCUT2D eigenvalue weighted by molar-refractivity contribution is 5.39. The van der Waals surface area contributed by atoms with Gasteiger partial charge in [-0.25, -0.2) is 0 Å². The molecule has 3 heteroatoms. The van der Waals surface area contributed by atoms with Crippen molar-refractivity contribution in [3.8, 4) is 0 Å². The first kappa shape index (κ1) is 25.2. The van der Waals surface area contributed by atoms with Gasteiger partial charge in [0.1, 0.15) is 12.1 Å². The molecule has 0 unspecified atom stereocenters. The zero-order valence-corrected chi connectivity index (χ0v) is 22.2. The predicted molar refractivity (Wildman–Crippen MR) is 147 cm³/mol. The average Bonchev–Trinajstić information content (AvgIpc) is 2.92. The van der Waals surface area contributed by atoms with Crippen LogP contribution in [0, 0.1) is 5.41 Å². The molecule has 3 saturated heterocycles. The molecule has 3 aromatic carbocycles. The van der Waals surface area contributed by atoms with Crippen LogP contribution in [-0.2, 0) is 22.4 Å². The van der Waals surface area contributed by atoms with Crippen LogP contribution in [0.4, 0.5) is 0 Å². The number of fused-ring (bicyclic) bond motifs is 3. The van der Waals surface area contributed by atoms with Gasteiger partial charge < -0.3 is 14.3 Å². The van der Waals surface area contributed by atoms with Crippen LogP contribution >= 0.6 is 0 Å². The molecule has 1 N–H and O–H groups in total. The lowest BCUT2D eigenvalue weighted by Crippen LogP contribution is -2.67. The molecule has 0 radical (unpaired) electrons. The van der Waals surface area contributed by atoms with Gasteiger partial charge in [0.05, 0.1) is 32.8 Å². The zero-order chi connectivity index (χ0) is 25.3. The van der Waals surface area contributed by atoms with Gasteiger partial charge >= 0.3 is 0 Å². The Bertz CT molecular complexity index is 1070. The molecule has 0 saturated carbocycles. The second kappa shape index (κ2) is 9.78. The van der Waals surface area contributed by atoms with Crippen LogP contribution in [0.1, 0.15) is 62.3 Å². The molecule has 0 atom stereocenters. The van der Waals surface area contributed by atoms with Gasteiger partial charge in [-0.05, 0) is 27.7 Å². The van der Waals surface area contributed by atoms with Crippen LogP contribution in [0.2, 0.25) is 0 Å². The Hall–Kier alpha value is -2.46. The molecule has 0 aromatic heterocycles. The van der Waals surface area contributed by atoms with Gasteiger partial charge in [0, 0.05) is 24.7 Å². The maximum Gasteiger partial charge on any atom is 0.121 e. The van der Waals surface area contributed by atoms with Crippen LogP contribution in [0.25, 0.3) is 0 Å². The van der Waals surface area contributed by atoms with E-state index in [1.54, 1.807) is 0 Å². The van der Waals surface area contributed by atoms with E-state index in [2.05, 4.69) is 93.6 Å². The Balaban J connectivity index is 1.23. The number of hydrogen-bond donors (Lipinski definition) is 1. The normalized spacial score (nSPS) is 24.1. The van der Waals surface area contributed by atoms with Crippen molar-refractivity contribution >= 4 is 0 Å². The lowest BCUT2D eigenvalue weighted by atomic mass is 9.56. The van der Waals surface area contributed by atoms with E-state index in [-0.39, 0.29) is 10.8 Å². The summed E-state index contributed by atoms with van der Waals surface area (Å²) in [6, 6.07) is 29.6. The van der Waals surface area contributed by atoms with Gasteiger partial charge in [-0.3, -0.25) is 0 Å². The molecule has 3 nitrogen and oxygen atoms in total. The van der Waals surface area contributed by atoms with Gasteiger partial charge in [-0.15, -0.1) is 0 Å². The Kier molecular flexibility index (Phi) is 6.84. The second-order valence-corrected chi connectivity index (χ2v) is 12.2. The highest BCUT2D eigenvalue weighted by Gasteiger charge is 2.60. The van der Waals surface area contributed by atoms with Crippen LogP contribution < -0.4 is 0 Å². The Labute approximate surface area is 217 Å². The van der Waals surface area contributed by atoms with E-state index in [1.807, 2.05) is 12.1 Å². The van der Waals surface area contributed by atoms with E-state index in [9.17, 15) is 5.11 Å². The molecule has 0 amide bonds. The van der Waals surface area contributed by atoms with Gasteiger partial charge in [0.2, 0.25) is 0 Å². The summed E-state index contributed by atoms with van der Waals surface area (Å²) in [6.07, 6.45) is 3.13. The summed E-state index contributed by atoms with van der Waals surface area (Å²) in [6.45, 7) is 12.6. The zero-order valence-electron chi connectivity index (χ0n) is 22.2. The molecular formula is C33H42NO2+. The van der Waals surface area contributed by atoms with Crippen molar-refractivity contribution in [1.29, 1.82) is 0 Å². The molecule has 0 spiro atoms. The standard InChI is InChI=1S/C33H42NO2/c1-31(2,3)28-16-14-27(15-17-28)26-36-25-24-34-21-18-32(19-22-34,20-23-34)33(35,29-10-6-4-7-11-29)30-12-8-5-9-13-30/h4-17,35H,18-26H2,1-3H3/q+1. The molecule has 3 fully saturated rings. The lowest BCUT2D eigenvalue weighted by Gasteiger charge is -2.60. The summed E-state index contributed by atoms with van der Waals surface area (Å²) in [7, 11) is 0. The van der Waals surface area contributed by atoms with E-state index >= 15 is 0 Å². The fourth-order valence-corrected chi connectivity index (χ4v) is 6.63. The number of benzene rings is 3. The Morgan fingerprint density at radius 1 is 0.722 bits per heavy atom. The third kappa shape index (κ3) is 4.65. The first-order chi connectivity index (χ1) is 17.3. The summed E-state index contributed by atoms with van der Waals surface area (Å²) < 4.78 is 7.29. The lowest BCUT2D eigenvalue weighted by molar-refractivity contribution is -0.946. The van der Waals surface area contributed by atoms with Gasteiger partial charge in [0.15, 0.2) is 0 Å². The minimum Gasteiger partial charge on any atom is -0.380 e. The summed E-state index contributed by atoms with van der Waals surface area (Å²) in [5.74, 6) is 0. The van der Waals surface area contributed by atoms with Crippen LogP contribution in [-0.4, -0.2) is 42.4 Å². The summed E-state index contributed by atoms with van der Waals surface area (Å²) >= 11 is 0. The van der Waals surface area contributed by atoms with E-state index in [4.69, 9.17) is 4.74 Å². The van der Waals surface area contributed by atoms with Crippen LogP contribution in [0.3, 0.4) is 0 Å². The van der Waals surface area contributed by atoms with E-state index in [1.165, 1.54) is 11.1 Å². The number of ether oxygens (including phenoxy) is 1. The quantitative estimate of drug-likeness (QED) is 0.295. The summed E-state index contributed by atoms with van der Waals surface area (Å²) in [4.78, 5) is 0. The fraction of sp³-hybridized carbons (Fsp3) is 0.455. The number of piperidine rings is 3. The van der Waals surface area contributed by atoms with Crippen molar-refractivity contribution in [1.82, 2.24) is 0 Å². The van der Waals surface area contributed by atoms with Crippen LogP contribution in [0.5, 0.6) is 0 Å². The van der Waals surface area contributed by atoms with E-state index in [0.29, 0.717) is 6.61 Å². The predicted octanol–water partition coefficient (Wildman–Crippen LogP) is 6.44. The summed E-state index contributed by atoms with van der Waals surface area (Å²) in [5.41, 5.74) is 3.77. The molecular weight excluding hydrogens is 442 g/mol. The van der Waals surface area contributed by atoms with Gasteiger partial charge in [0.25, 0.3) is 0 Å². The largest absolute Gasteiger partial charge is 0.380 e. The molecule has 0 aliphatic carbocycles. The maximum absolute atomic E-state index is 12.5. The highest BCUT2D eigenvalue weighted by Crippen LogP contribution is 2.57. The molecule has 3 aliphatic rings. The second-order valence-electron chi connectivity index (χ2n) is 12.2. The van der Waals surface area contributed by atoms with Crippen molar-refractivity contribution < 1.29 is 14.3 Å². The first-order valence-corrected chi connectivity index (χ1v) is 13.6. The van der Waals surface area contributed by atoms with Crippen molar-refractivity contribution in [3.05, 3.63) is 107 Å². The molecule has 3 heterocycles. The molecule has 190 valence electrons. The molecule has 3 aromatic rings. The van der Waals surface area contributed by atoms with Crippen molar-refractivity contribution in [2.24, 2.45) is 5.41 Å². The SMILES string of the molecule is CC(C)(C)c1ccc(COCC[N+]23CCC(C(O)(c4ccccc4)c4ccccc4)(CC2)CC3)cc1. The third-order valence-corrected chi connectivity index (χ3v) is 9.14. The minimum absolute atomic E-state index is 0.120. The molecule has 6 rings (SSSR count).